The molecule has 0 bridgehead atoms. The van der Waals surface area contributed by atoms with Crippen molar-refractivity contribution in [3.63, 3.8) is 0 Å². The number of hydrogen-bond donors (Lipinski definition) is 1. The minimum atomic E-state index is -0.0937. The number of rotatable bonds is 1. The predicted molar refractivity (Wildman–Crippen MR) is 81.5 cm³/mol. The molecule has 4 heteroatoms. The Morgan fingerprint density at radius 2 is 1.71 bits per heavy atom. The number of fused-ring (bicyclic) bond motifs is 2. The number of benzene rings is 2. The normalized spacial score (nSPS) is 12.7. The fourth-order valence-electron chi connectivity index (χ4n) is 2.51. The SMILES string of the molecule is CC(=O)N1c2ccc(O)cc2Oc2cc(C(C)C)ccc21. The van der Waals surface area contributed by atoms with Crippen LogP contribution in [0, 0.1) is 0 Å². The van der Waals surface area contributed by atoms with E-state index in [1.807, 2.05) is 18.2 Å². The molecule has 0 radical (unpaired) electrons. The maximum Gasteiger partial charge on any atom is 0.228 e. The Bertz CT molecular complexity index is 722. The molecule has 1 amide bonds. The molecule has 2 aromatic carbocycles. The van der Waals surface area contributed by atoms with E-state index in [4.69, 9.17) is 4.74 Å². The summed E-state index contributed by atoms with van der Waals surface area (Å²) in [5, 5.41) is 9.62. The maximum absolute atomic E-state index is 12.0. The lowest BCUT2D eigenvalue weighted by atomic mass is 10.0. The fourth-order valence-corrected chi connectivity index (χ4v) is 2.51. The van der Waals surface area contributed by atoms with Gasteiger partial charge in [0.2, 0.25) is 5.91 Å². The Morgan fingerprint density at radius 1 is 1.10 bits per heavy atom. The zero-order valence-electron chi connectivity index (χ0n) is 12.3. The number of hydrogen-bond acceptors (Lipinski definition) is 3. The van der Waals surface area contributed by atoms with E-state index in [1.165, 1.54) is 13.0 Å². The van der Waals surface area contributed by atoms with Gasteiger partial charge in [-0.1, -0.05) is 19.9 Å². The van der Waals surface area contributed by atoms with Gasteiger partial charge in [-0.25, -0.2) is 0 Å². The molecule has 1 N–H and O–H groups in total. The van der Waals surface area contributed by atoms with Gasteiger partial charge in [0, 0.05) is 13.0 Å². The topological polar surface area (TPSA) is 49.8 Å². The van der Waals surface area contributed by atoms with E-state index in [-0.39, 0.29) is 11.7 Å². The van der Waals surface area contributed by atoms with Crippen molar-refractivity contribution in [1.29, 1.82) is 0 Å². The van der Waals surface area contributed by atoms with Crippen molar-refractivity contribution in [3.05, 3.63) is 42.0 Å². The summed E-state index contributed by atoms with van der Waals surface area (Å²) < 4.78 is 5.88. The summed E-state index contributed by atoms with van der Waals surface area (Å²) >= 11 is 0. The third-order valence-corrected chi connectivity index (χ3v) is 3.61. The van der Waals surface area contributed by atoms with Gasteiger partial charge in [-0.3, -0.25) is 9.69 Å². The molecule has 0 atom stereocenters. The van der Waals surface area contributed by atoms with Crippen LogP contribution >= 0.6 is 0 Å². The summed E-state index contributed by atoms with van der Waals surface area (Å²) in [6.45, 7) is 5.72. The highest BCUT2D eigenvalue weighted by atomic mass is 16.5. The molecule has 0 fully saturated rings. The van der Waals surface area contributed by atoms with Crippen LogP contribution in [0.4, 0.5) is 11.4 Å². The number of anilines is 2. The number of ether oxygens (including phenoxy) is 1. The van der Waals surface area contributed by atoms with Gasteiger partial charge in [0.05, 0.1) is 11.4 Å². The van der Waals surface area contributed by atoms with Crippen molar-refractivity contribution >= 4 is 17.3 Å². The zero-order valence-corrected chi connectivity index (χ0v) is 12.3. The molecule has 0 saturated carbocycles. The molecule has 2 aromatic rings. The molecule has 3 rings (SSSR count). The van der Waals surface area contributed by atoms with Gasteiger partial charge in [0.25, 0.3) is 0 Å². The second-order valence-electron chi connectivity index (χ2n) is 5.49. The van der Waals surface area contributed by atoms with E-state index >= 15 is 0 Å². The molecule has 21 heavy (non-hydrogen) atoms. The van der Waals surface area contributed by atoms with Crippen molar-refractivity contribution in [3.8, 4) is 17.2 Å². The minimum absolute atomic E-state index is 0.0937. The molecule has 0 aromatic heterocycles. The van der Waals surface area contributed by atoms with E-state index in [2.05, 4.69) is 13.8 Å². The predicted octanol–water partition coefficient (Wildman–Crippen LogP) is 4.31. The van der Waals surface area contributed by atoms with E-state index < -0.39 is 0 Å². The Morgan fingerprint density at radius 3 is 2.33 bits per heavy atom. The van der Waals surface area contributed by atoms with Crippen LogP contribution in [-0.2, 0) is 4.79 Å². The van der Waals surface area contributed by atoms with Crippen molar-refractivity contribution < 1.29 is 14.6 Å². The van der Waals surface area contributed by atoms with Crippen molar-refractivity contribution in [2.24, 2.45) is 0 Å². The molecule has 108 valence electrons. The fraction of sp³-hybridized carbons (Fsp3) is 0.235. The van der Waals surface area contributed by atoms with Crippen LogP contribution in [-0.4, -0.2) is 11.0 Å². The number of carbonyl (C=O) groups is 1. The van der Waals surface area contributed by atoms with Crippen LogP contribution in [0.25, 0.3) is 0 Å². The highest BCUT2D eigenvalue weighted by Gasteiger charge is 2.27. The van der Waals surface area contributed by atoms with Gasteiger partial charge in [-0.05, 0) is 35.7 Å². The molecule has 0 saturated heterocycles. The van der Waals surface area contributed by atoms with Gasteiger partial charge < -0.3 is 9.84 Å². The molecule has 0 aliphatic carbocycles. The highest BCUT2D eigenvalue weighted by Crippen LogP contribution is 2.48. The lowest BCUT2D eigenvalue weighted by molar-refractivity contribution is -0.115. The Kier molecular flexibility index (Phi) is 3.09. The summed E-state index contributed by atoms with van der Waals surface area (Å²) in [5.74, 6) is 1.51. The molecular formula is C17H17NO3. The Balaban J connectivity index is 2.18. The van der Waals surface area contributed by atoms with E-state index in [1.54, 1.807) is 17.0 Å². The minimum Gasteiger partial charge on any atom is -0.508 e. The standard InChI is InChI=1S/C17H17NO3/c1-10(2)12-4-6-14-16(8-12)21-17-9-13(20)5-7-15(17)18(14)11(3)19/h4-10,20H,1-3H3. The van der Waals surface area contributed by atoms with Crippen LogP contribution in [0.5, 0.6) is 17.2 Å². The second-order valence-corrected chi connectivity index (χ2v) is 5.49. The van der Waals surface area contributed by atoms with Crippen LogP contribution in [0.2, 0.25) is 0 Å². The number of phenols is 1. The van der Waals surface area contributed by atoms with Gasteiger partial charge in [0.1, 0.15) is 5.75 Å². The molecule has 1 aliphatic heterocycles. The number of amides is 1. The summed E-state index contributed by atoms with van der Waals surface area (Å²) in [4.78, 5) is 13.6. The number of phenolic OH excluding ortho intramolecular Hbond substituents is 1. The first-order valence-corrected chi connectivity index (χ1v) is 6.93. The van der Waals surface area contributed by atoms with Gasteiger partial charge in [-0.2, -0.15) is 0 Å². The smallest absolute Gasteiger partial charge is 0.228 e. The van der Waals surface area contributed by atoms with Crippen LogP contribution in [0.1, 0.15) is 32.3 Å². The van der Waals surface area contributed by atoms with Crippen molar-refractivity contribution in [2.45, 2.75) is 26.7 Å². The monoisotopic (exact) mass is 283 g/mol. The van der Waals surface area contributed by atoms with Crippen molar-refractivity contribution in [1.82, 2.24) is 0 Å². The first-order chi connectivity index (χ1) is 9.97. The summed E-state index contributed by atoms with van der Waals surface area (Å²) in [6.07, 6.45) is 0. The molecule has 1 aliphatic rings. The molecular weight excluding hydrogens is 266 g/mol. The molecule has 4 nitrogen and oxygen atoms in total. The van der Waals surface area contributed by atoms with Crippen LogP contribution in [0.3, 0.4) is 0 Å². The number of carbonyl (C=O) groups excluding carboxylic acids is 1. The quantitative estimate of drug-likeness (QED) is 0.848. The van der Waals surface area contributed by atoms with Gasteiger partial charge >= 0.3 is 0 Å². The molecule has 0 spiro atoms. The Labute approximate surface area is 123 Å². The van der Waals surface area contributed by atoms with E-state index in [0.29, 0.717) is 23.1 Å². The zero-order chi connectivity index (χ0) is 15.1. The van der Waals surface area contributed by atoms with Crippen LogP contribution in [0.15, 0.2) is 36.4 Å². The number of nitrogens with zero attached hydrogens (tertiary/aromatic N) is 1. The van der Waals surface area contributed by atoms with Crippen LogP contribution < -0.4 is 9.64 Å². The first kappa shape index (κ1) is 13.5. The van der Waals surface area contributed by atoms with E-state index in [9.17, 15) is 9.90 Å². The van der Waals surface area contributed by atoms with E-state index in [0.717, 1.165) is 11.3 Å². The maximum atomic E-state index is 12.0. The second kappa shape index (κ2) is 4.81. The Hall–Kier alpha value is -2.49. The third kappa shape index (κ3) is 2.23. The summed E-state index contributed by atoms with van der Waals surface area (Å²) in [7, 11) is 0. The average molecular weight is 283 g/mol. The molecule has 1 heterocycles. The average Bonchev–Trinajstić information content (AvgIpc) is 2.43. The lowest BCUT2D eigenvalue weighted by Gasteiger charge is -2.31. The first-order valence-electron chi connectivity index (χ1n) is 6.93. The highest BCUT2D eigenvalue weighted by molar-refractivity contribution is 6.03. The largest absolute Gasteiger partial charge is 0.508 e. The lowest BCUT2D eigenvalue weighted by Crippen LogP contribution is -2.26. The summed E-state index contributed by atoms with van der Waals surface area (Å²) in [5.41, 5.74) is 2.51. The molecule has 0 unspecified atom stereocenters. The third-order valence-electron chi connectivity index (χ3n) is 3.61. The van der Waals surface area contributed by atoms with Gasteiger partial charge in [-0.15, -0.1) is 0 Å². The number of aromatic hydroxyl groups is 1. The van der Waals surface area contributed by atoms with Gasteiger partial charge in [0.15, 0.2) is 11.5 Å². The van der Waals surface area contributed by atoms with Crippen molar-refractivity contribution in [2.75, 3.05) is 4.90 Å². The summed E-state index contributed by atoms with van der Waals surface area (Å²) in [6, 6.07) is 10.6.